The number of halogens is 3. The van der Waals surface area contributed by atoms with E-state index in [1.165, 1.54) is 18.5 Å². The van der Waals surface area contributed by atoms with Gasteiger partial charge in [0, 0.05) is 17.7 Å². The average molecular weight is 442 g/mol. The van der Waals surface area contributed by atoms with E-state index in [-0.39, 0.29) is 29.9 Å². The molecule has 0 radical (unpaired) electrons. The zero-order valence-corrected chi connectivity index (χ0v) is 16.7. The normalized spacial score (nSPS) is 16.9. The van der Waals surface area contributed by atoms with E-state index in [1.54, 1.807) is 16.5 Å². The first-order valence-corrected chi connectivity index (χ1v) is 9.97. The molecule has 5 heterocycles. The smallest absolute Gasteiger partial charge is 0.171 e. The van der Waals surface area contributed by atoms with Crippen LogP contribution in [0.2, 0.25) is 5.02 Å². The summed E-state index contributed by atoms with van der Waals surface area (Å²) in [4.78, 5) is 4.14. The fourth-order valence-electron chi connectivity index (χ4n) is 4.17. The molecular formula is C21H14ClF2N5O2. The van der Waals surface area contributed by atoms with Gasteiger partial charge in [-0.3, -0.25) is 9.38 Å². The molecule has 0 saturated carbocycles. The molecule has 6 rings (SSSR count). The first-order valence-electron chi connectivity index (χ1n) is 9.59. The molecule has 1 atom stereocenters. The molecule has 4 aromatic rings. The maximum absolute atomic E-state index is 14.7. The summed E-state index contributed by atoms with van der Waals surface area (Å²) in [6.45, 7) is 0.928. The van der Waals surface area contributed by atoms with Gasteiger partial charge < -0.3 is 14.8 Å². The zero-order valence-electron chi connectivity index (χ0n) is 15.9. The quantitative estimate of drug-likeness (QED) is 0.477. The second-order valence-corrected chi connectivity index (χ2v) is 7.80. The molecule has 2 aliphatic rings. The van der Waals surface area contributed by atoms with Crippen LogP contribution in [-0.4, -0.2) is 32.8 Å². The topological polar surface area (TPSA) is 73.6 Å². The molecule has 156 valence electrons. The third-order valence-corrected chi connectivity index (χ3v) is 5.87. The van der Waals surface area contributed by atoms with Gasteiger partial charge in [-0.05, 0) is 24.3 Å². The van der Waals surface area contributed by atoms with Crippen LogP contribution in [-0.2, 0) is 6.54 Å². The highest BCUT2D eigenvalue weighted by Crippen LogP contribution is 2.42. The van der Waals surface area contributed by atoms with Crippen molar-refractivity contribution in [2.75, 3.05) is 18.5 Å². The molecule has 1 aromatic carbocycles. The van der Waals surface area contributed by atoms with Crippen molar-refractivity contribution in [2.45, 2.75) is 12.5 Å². The molecular weight excluding hydrogens is 428 g/mol. The molecule has 0 saturated heterocycles. The lowest BCUT2D eigenvalue weighted by atomic mass is 9.96. The highest BCUT2D eigenvalue weighted by molar-refractivity contribution is 6.33. The van der Waals surface area contributed by atoms with Crippen LogP contribution in [0.3, 0.4) is 0 Å². The third kappa shape index (κ3) is 2.80. The summed E-state index contributed by atoms with van der Waals surface area (Å²) in [5, 5.41) is 11.6. The Kier molecular flexibility index (Phi) is 4.01. The number of pyridine rings is 2. The van der Waals surface area contributed by atoms with Crippen LogP contribution in [0.4, 0.5) is 14.6 Å². The fourth-order valence-corrected chi connectivity index (χ4v) is 4.43. The molecule has 0 unspecified atom stereocenters. The number of aromatic nitrogens is 4. The van der Waals surface area contributed by atoms with Crippen molar-refractivity contribution in [1.29, 1.82) is 0 Å². The van der Waals surface area contributed by atoms with Gasteiger partial charge in [0.05, 0.1) is 41.6 Å². The Balaban J connectivity index is 1.53. The van der Waals surface area contributed by atoms with Gasteiger partial charge in [-0.15, -0.1) is 10.2 Å². The van der Waals surface area contributed by atoms with Gasteiger partial charge in [0.15, 0.2) is 17.2 Å². The van der Waals surface area contributed by atoms with Gasteiger partial charge in [-0.25, -0.2) is 8.78 Å². The van der Waals surface area contributed by atoms with Crippen LogP contribution >= 0.6 is 11.6 Å². The van der Waals surface area contributed by atoms with Gasteiger partial charge in [0.2, 0.25) is 0 Å². The summed E-state index contributed by atoms with van der Waals surface area (Å²) in [7, 11) is 0. The van der Waals surface area contributed by atoms with E-state index in [9.17, 15) is 8.78 Å². The number of ether oxygens (including phenoxy) is 2. The summed E-state index contributed by atoms with van der Waals surface area (Å²) >= 11 is 6.26. The minimum atomic E-state index is -0.538. The molecule has 2 aliphatic heterocycles. The molecule has 31 heavy (non-hydrogen) atoms. The van der Waals surface area contributed by atoms with Crippen molar-refractivity contribution in [3.63, 3.8) is 0 Å². The standard InChI is InChI=1S/C21H14ClF2N5O2/c22-14-3-11(23)5-25-19(14)12-4-17-21(29-9-27-28-20(12)29)26-6-13-15(24)1-2-16-18(13)10(7-30-16)8-31-17/h1-5,9-10,26H,6-8H2/t10-/m1/s1. The van der Waals surface area contributed by atoms with Gasteiger partial charge in [-0.2, -0.15) is 0 Å². The molecule has 0 amide bonds. The molecule has 0 bridgehead atoms. The van der Waals surface area contributed by atoms with Gasteiger partial charge in [0.1, 0.15) is 23.7 Å². The lowest BCUT2D eigenvalue weighted by Gasteiger charge is -2.16. The highest BCUT2D eigenvalue weighted by atomic mass is 35.5. The Labute approximate surface area is 179 Å². The van der Waals surface area contributed by atoms with E-state index in [0.29, 0.717) is 46.4 Å². The largest absolute Gasteiger partial charge is 0.493 e. The first-order chi connectivity index (χ1) is 15.1. The van der Waals surface area contributed by atoms with Gasteiger partial charge in [-0.1, -0.05) is 11.6 Å². The van der Waals surface area contributed by atoms with Crippen molar-refractivity contribution in [2.24, 2.45) is 0 Å². The minimum absolute atomic E-state index is 0.110. The molecule has 0 aliphatic carbocycles. The predicted octanol–water partition coefficient (Wildman–Crippen LogP) is 4.20. The van der Waals surface area contributed by atoms with Gasteiger partial charge in [0.25, 0.3) is 0 Å². The van der Waals surface area contributed by atoms with Crippen LogP contribution in [0, 0.1) is 11.6 Å². The maximum atomic E-state index is 14.7. The van der Waals surface area contributed by atoms with Crippen LogP contribution in [0.5, 0.6) is 11.5 Å². The Morgan fingerprint density at radius 3 is 2.81 bits per heavy atom. The minimum Gasteiger partial charge on any atom is -0.493 e. The number of hydrogen-bond acceptors (Lipinski definition) is 6. The fraction of sp³-hybridized carbons (Fsp3) is 0.190. The van der Waals surface area contributed by atoms with E-state index in [4.69, 9.17) is 21.1 Å². The third-order valence-electron chi connectivity index (χ3n) is 5.58. The van der Waals surface area contributed by atoms with Crippen LogP contribution < -0.4 is 14.8 Å². The number of benzene rings is 1. The summed E-state index contributed by atoms with van der Waals surface area (Å²) in [5.41, 5.74) is 2.72. The number of nitrogens with one attached hydrogen (secondary N) is 1. The van der Waals surface area contributed by atoms with E-state index < -0.39 is 5.82 Å². The maximum Gasteiger partial charge on any atom is 0.171 e. The Bertz CT molecular complexity index is 1360. The molecule has 3 aromatic heterocycles. The Morgan fingerprint density at radius 2 is 1.97 bits per heavy atom. The van der Waals surface area contributed by atoms with Crippen LogP contribution in [0.25, 0.3) is 16.9 Å². The van der Waals surface area contributed by atoms with Crippen molar-refractivity contribution in [3.05, 3.63) is 64.6 Å². The molecule has 0 spiro atoms. The number of hydrogen-bond donors (Lipinski definition) is 1. The predicted molar refractivity (Wildman–Crippen MR) is 109 cm³/mol. The molecule has 7 nitrogen and oxygen atoms in total. The van der Waals surface area contributed by atoms with Gasteiger partial charge >= 0.3 is 0 Å². The summed E-state index contributed by atoms with van der Waals surface area (Å²) in [6.07, 6.45) is 2.61. The Morgan fingerprint density at radius 1 is 1.13 bits per heavy atom. The number of fused-ring (bicyclic) bond motifs is 3. The van der Waals surface area contributed by atoms with E-state index in [0.717, 1.165) is 11.8 Å². The van der Waals surface area contributed by atoms with E-state index >= 15 is 0 Å². The number of rotatable bonds is 1. The van der Waals surface area contributed by atoms with Crippen molar-refractivity contribution >= 4 is 23.1 Å². The lowest BCUT2D eigenvalue weighted by molar-refractivity contribution is 0.249. The number of nitrogens with zero attached hydrogens (tertiary/aromatic N) is 4. The summed E-state index contributed by atoms with van der Waals surface area (Å²) in [6, 6.07) is 5.99. The van der Waals surface area contributed by atoms with E-state index in [2.05, 4.69) is 20.5 Å². The zero-order chi connectivity index (χ0) is 21.1. The SMILES string of the molecule is Fc1cnc(-c2cc3c(n4cnnc24)NCc2c(F)ccc4c2[C@H](CO4)CO3)c(Cl)c1. The summed E-state index contributed by atoms with van der Waals surface area (Å²) in [5.74, 6) is 0.787. The highest BCUT2D eigenvalue weighted by Gasteiger charge is 2.31. The molecule has 0 fully saturated rings. The molecule has 1 N–H and O–H groups in total. The average Bonchev–Trinajstić information content (AvgIpc) is 3.40. The van der Waals surface area contributed by atoms with Crippen molar-refractivity contribution in [3.8, 4) is 22.8 Å². The van der Waals surface area contributed by atoms with Crippen LogP contribution in [0.1, 0.15) is 17.0 Å². The monoisotopic (exact) mass is 441 g/mol. The second-order valence-electron chi connectivity index (χ2n) is 7.39. The van der Waals surface area contributed by atoms with Crippen molar-refractivity contribution < 1.29 is 18.3 Å². The number of anilines is 1. The Hall–Kier alpha value is -3.46. The second kappa shape index (κ2) is 6.78. The summed E-state index contributed by atoms with van der Waals surface area (Å²) < 4.78 is 41.8. The molecule has 10 heteroatoms. The van der Waals surface area contributed by atoms with E-state index in [1.807, 2.05) is 0 Å². The van der Waals surface area contributed by atoms with Crippen LogP contribution in [0.15, 0.2) is 36.8 Å². The van der Waals surface area contributed by atoms with Crippen molar-refractivity contribution in [1.82, 2.24) is 19.6 Å². The lowest BCUT2D eigenvalue weighted by Crippen LogP contribution is -2.13. The first kappa shape index (κ1) is 18.3.